The number of rotatable bonds is 10. The van der Waals surface area contributed by atoms with Crippen molar-refractivity contribution < 1.29 is 19.0 Å². The zero-order valence-electron chi connectivity index (χ0n) is 19.2. The normalized spacial score (nSPS) is 13.7. The Morgan fingerprint density at radius 1 is 1.12 bits per heavy atom. The van der Waals surface area contributed by atoms with Crippen LogP contribution in [0, 0.1) is 0 Å². The highest BCUT2D eigenvalue weighted by atomic mass is 35.5. The Morgan fingerprint density at radius 2 is 1.84 bits per heavy atom. The van der Waals surface area contributed by atoms with Crippen LogP contribution in [0.25, 0.3) is 0 Å². The maximum absolute atomic E-state index is 13.1. The van der Waals surface area contributed by atoms with Crippen LogP contribution in [0.2, 0.25) is 5.02 Å². The molecule has 0 unspecified atom stereocenters. The van der Waals surface area contributed by atoms with Crippen LogP contribution in [0.15, 0.2) is 36.4 Å². The molecule has 0 spiro atoms. The number of unbranched alkanes of at least 4 members (excludes halogenated alkanes) is 1. The SMILES string of the molecule is CCCCOc1c(Cl)cc(C(=O)N(C)Cc2ccc(N3CCOCC3)cc2)cc1OCC. The second-order valence-corrected chi connectivity index (χ2v) is 8.25. The summed E-state index contributed by atoms with van der Waals surface area (Å²) in [7, 11) is 1.79. The Bertz CT molecular complexity index is 882. The number of nitrogens with zero attached hydrogens (tertiary/aromatic N) is 2. The van der Waals surface area contributed by atoms with Gasteiger partial charge in [0, 0.05) is 37.9 Å². The lowest BCUT2D eigenvalue weighted by molar-refractivity contribution is 0.0784. The van der Waals surface area contributed by atoms with Gasteiger partial charge >= 0.3 is 0 Å². The van der Waals surface area contributed by atoms with Crippen LogP contribution in [0.3, 0.4) is 0 Å². The van der Waals surface area contributed by atoms with Crippen molar-refractivity contribution in [1.29, 1.82) is 0 Å². The Kier molecular flexibility index (Phi) is 9.06. The number of hydrogen-bond acceptors (Lipinski definition) is 5. The summed E-state index contributed by atoms with van der Waals surface area (Å²) in [5.41, 5.74) is 2.72. The van der Waals surface area contributed by atoms with Crippen LogP contribution in [0.1, 0.15) is 42.6 Å². The van der Waals surface area contributed by atoms with E-state index in [9.17, 15) is 4.79 Å². The van der Waals surface area contributed by atoms with E-state index in [1.54, 1.807) is 24.1 Å². The Morgan fingerprint density at radius 3 is 2.50 bits per heavy atom. The number of anilines is 1. The molecule has 0 radical (unpaired) electrons. The van der Waals surface area contributed by atoms with Crippen molar-refractivity contribution in [2.24, 2.45) is 0 Å². The third-order valence-corrected chi connectivity index (χ3v) is 5.66. The number of amides is 1. The van der Waals surface area contributed by atoms with Crippen LogP contribution >= 0.6 is 11.6 Å². The molecule has 1 aliphatic heterocycles. The molecule has 1 amide bonds. The van der Waals surface area contributed by atoms with E-state index in [2.05, 4.69) is 36.1 Å². The van der Waals surface area contributed by atoms with Gasteiger partial charge in [-0.05, 0) is 43.2 Å². The smallest absolute Gasteiger partial charge is 0.254 e. The topological polar surface area (TPSA) is 51.2 Å². The van der Waals surface area contributed by atoms with Gasteiger partial charge in [0.2, 0.25) is 0 Å². The quantitative estimate of drug-likeness (QED) is 0.465. The number of carbonyl (C=O) groups excluding carboxylic acids is 1. The highest BCUT2D eigenvalue weighted by Crippen LogP contribution is 2.37. The number of ether oxygens (including phenoxy) is 3. The van der Waals surface area contributed by atoms with Gasteiger partial charge in [0.05, 0.1) is 31.5 Å². The molecule has 3 rings (SSSR count). The van der Waals surface area contributed by atoms with Gasteiger partial charge in [0.1, 0.15) is 0 Å². The Balaban J connectivity index is 1.69. The van der Waals surface area contributed by atoms with Crippen molar-refractivity contribution in [3.8, 4) is 11.5 Å². The van der Waals surface area contributed by atoms with Gasteiger partial charge in [-0.25, -0.2) is 0 Å². The summed E-state index contributed by atoms with van der Waals surface area (Å²) in [4.78, 5) is 17.1. The predicted octanol–water partition coefficient (Wildman–Crippen LogP) is 5.03. The largest absolute Gasteiger partial charge is 0.490 e. The average Bonchev–Trinajstić information content (AvgIpc) is 2.81. The van der Waals surface area contributed by atoms with E-state index in [0.29, 0.717) is 41.8 Å². The van der Waals surface area contributed by atoms with Gasteiger partial charge in [-0.15, -0.1) is 0 Å². The van der Waals surface area contributed by atoms with Gasteiger partial charge in [-0.1, -0.05) is 37.1 Å². The molecule has 0 bridgehead atoms. The van der Waals surface area contributed by atoms with E-state index in [4.69, 9.17) is 25.8 Å². The van der Waals surface area contributed by atoms with Gasteiger partial charge in [-0.2, -0.15) is 0 Å². The maximum Gasteiger partial charge on any atom is 0.254 e. The van der Waals surface area contributed by atoms with E-state index in [1.807, 2.05) is 6.92 Å². The summed E-state index contributed by atoms with van der Waals surface area (Å²) in [6.45, 7) is 8.83. The molecule has 1 aliphatic rings. The minimum Gasteiger partial charge on any atom is -0.490 e. The lowest BCUT2D eigenvalue weighted by atomic mass is 10.1. The fraction of sp³-hybridized carbons (Fsp3) is 0.480. The number of morpholine rings is 1. The zero-order chi connectivity index (χ0) is 22.9. The Labute approximate surface area is 196 Å². The molecule has 0 aliphatic carbocycles. The summed E-state index contributed by atoms with van der Waals surface area (Å²) in [5.74, 6) is 0.882. The molecule has 2 aromatic carbocycles. The maximum atomic E-state index is 13.1. The van der Waals surface area contributed by atoms with Gasteiger partial charge in [0.25, 0.3) is 5.91 Å². The lowest BCUT2D eigenvalue weighted by Crippen LogP contribution is -2.36. The van der Waals surface area contributed by atoms with Crippen molar-refractivity contribution in [1.82, 2.24) is 4.90 Å². The van der Waals surface area contributed by atoms with Crippen molar-refractivity contribution in [2.45, 2.75) is 33.2 Å². The molecule has 6 nitrogen and oxygen atoms in total. The molecule has 1 saturated heterocycles. The second-order valence-electron chi connectivity index (χ2n) is 7.85. The monoisotopic (exact) mass is 460 g/mol. The molecule has 174 valence electrons. The van der Waals surface area contributed by atoms with Crippen LogP contribution < -0.4 is 14.4 Å². The van der Waals surface area contributed by atoms with Crippen molar-refractivity contribution in [3.05, 3.63) is 52.5 Å². The summed E-state index contributed by atoms with van der Waals surface area (Å²) in [5, 5.41) is 0.388. The van der Waals surface area contributed by atoms with Gasteiger partial charge in [-0.3, -0.25) is 4.79 Å². The first-order chi connectivity index (χ1) is 15.5. The number of carbonyl (C=O) groups is 1. The first-order valence-electron chi connectivity index (χ1n) is 11.3. The minimum absolute atomic E-state index is 0.120. The molecule has 0 N–H and O–H groups in total. The number of benzene rings is 2. The molecule has 0 aromatic heterocycles. The first-order valence-corrected chi connectivity index (χ1v) is 11.7. The highest BCUT2D eigenvalue weighted by molar-refractivity contribution is 6.32. The van der Waals surface area contributed by atoms with Crippen LogP contribution in [0.4, 0.5) is 5.69 Å². The molecule has 2 aromatic rings. The van der Waals surface area contributed by atoms with Crippen molar-refractivity contribution in [3.63, 3.8) is 0 Å². The third-order valence-electron chi connectivity index (χ3n) is 5.38. The summed E-state index contributed by atoms with van der Waals surface area (Å²) < 4.78 is 17.0. The van der Waals surface area contributed by atoms with Gasteiger partial charge in [0.15, 0.2) is 11.5 Å². The van der Waals surface area contributed by atoms with E-state index in [0.717, 1.165) is 44.7 Å². The number of halogens is 1. The second kappa shape index (κ2) is 12.0. The van der Waals surface area contributed by atoms with Crippen molar-refractivity contribution in [2.75, 3.05) is 51.5 Å². The fourth-order valence-corrected chi connectivity index (χ4v) is 3.88. The van der Waals surface area contributed by atoms with E-state index in [1.165, 1.54) is 5.69 Å². The number of hydrogen-bond donors (Lipinski definition) is 0. The van der Waals surface area contributed by atoms with E-state index >= 15 is 0 Å². The molecule has 0 atom stereocenters. The molecule has 1 fully saturated rings. The summed E-state index contributed by atoms with van der Waals surface area (Å²) >= 11 is 6.46. The third kappa shape index (κ3) is 6.30. The van der Waals surface area contributed by atoms with Gasteiger partial charge < -0.3 is 24.0 Å². The Hall–Kier alpha value is -2.44. The standard InChI is InChI=1S/C25H33ClN2O4/c1-4-6-13-32-24-22(26)16-20(17-23(24)31-5-2)25(29)27(3)18-19-7-9-21(10-8-19)28-11-14-30-15-12-28/h7-10,16-17H,4-6,11-15,18H2,1-3H3. The molecule has 32 heavy (non-hydrogen) atoms. The lowest BCUT2D eigenvalue weighted by Gasteiger charge is -2.29. The molecule has 0 saturated carbocycles. The van der Waals surface area contributed by atoms with Crippen LogP contribution in [-0.4, -0.2) is 57.4 Å². The summed E-state index contributed by atoms with van der Waals surface area (Å²) in [6.07, 6.45) is 1.95. The fourth-order valence-electron chi connectivity index (χ4n) is 3.61. The van der Waals surface area contributed by atoms with E-state index in [-0.39, 0.29) is 5.91 Å². The van der Waals surface area contributed by atoms with Crippen LogP contribution in [-0.2, 0) is 11.3 Å². The summed E-state index contributed by atoms with van der Waals surface area (Å²) in [6, 6.07) is 11.7. The molecular formula is C25H33ClN2O4. The molecule has 7 heteroatoms. The average molecular weight is 461 g/mol. The molecular weight excluding hydrogens is 428 g/mol. The molecule has 1 heterocycles. The minimum atomic E-state index is -0.120. The van der Waals surface area contributed by atoms with E-state index < -0.39 is 0 Å². The van der Waals surface area contributed by atoms with Crippen LogP contribution in [0.5, 0.6) is 11.5 Å². The predicted molar refractivity (Wildman–Crippen MR) is 128 cm³/mol. The zero-order valence-corrected chi connectivity index (χ0v) is 20.0. The van der Waals surface area contributed by atoms with Crippen molar-refractivity contribution >= 4 is 23.2 Å². The first kappa shape index (κ1) is 24.2. The highest BCUT2D eigenvalue weighted by Gasteiger charge is 2.19.